The first kappa shape index (κ1) is 16.7. The molecule has 3 rings (SSSR count). The van der Waals surface area contributed by atoms with Crippen molar-refractivity contribution in [3.8, 4) is 0 Å². The van der Waals surface area contributed by atoms with Crippen molar-refractivity contribution in [3.63, 3.8) is 0 Å². The first-order valence-electron chi connectivity index (χ1n) is 7.92. The van der Waals surface area contributed by atoms with Crippen LogP contribution < -0.4 is 10.6 Å². The van der Waals surface area contributed by atoms with Crippen LogP contribution in [0.1, 0.15) is 32.6 Å². The Morgan fingerprint density at radius 3 is 2.65 bits per heavy atom. The maximum absolute atomic E-state index is 12.8. The van der Waals surface area contributed by atoms with Gasteiger partial charge in [0.05, 0.1) is 5.75 Å². The third-order valence-corrected chi connectivity index (χ3v) is 7.03. The van der Waals surface area contributed by atoms with Crippen LogP contribution in [-0.4, -0.2) is 54.0 Å². The molecule has 23 heavy (non-hydrogen) atoms. The van der Waals surface area contributed by atoms with E-state index >= 15 is 0 Å². The van der Waals surface area contributed by atoms with Crippen molar-refractivity contribution in [2.24, 2.45) is 0 Å². The number of anilines is 1. The van der Waals surface area contributed by atoms with E-state index in [1.165, 1.54) is 15.6 Å². The quantitative estimate of drug-likeness (QED) is 0.792. The molecule has 1 aliphatic heterocycles. The van der Waals surface area contributed by atoms with Gasteiger partial charge >= 0.3 is 0 Å². The number of hydrogen-bond acceptors (Lipinski definition) is 6. The first-order valence-corrected chi connectivity index (χ1v) is 10.4. The van der Waals surface area contributed by atoms with E-state index in [9.17, 15) is 13.2 Å². The standard InChI is InChI=1S/C14H22N4O3S2/c1-2-23(20,21)18-8-5-14(6-9-18,12(19)16-11-3-4-11)17-13-15-7-10-22-13/h7,10-11H,2-6,8-9H2,1H3,(H,15,17)(H,16,19). The molecule has 0 radical (unpaired) electrons. The van der Waals surface area contributed by atoms with Gasteiger partial charge in [-0.1, -0.05) is 0 Å². The number of hydrogen-bond donors (Lipinski definition) is 2. The first-order chi connectivity index (χ1) is 11.0. The highest BCUT2D eigenvalue weighted by Crippen LogP contribution is 2.31. The molecule has 9 heteroatoms. The molecule has 128 valence electrons. The van der Waals surface area contributed by atoms with Crippen LogP contribution in [0.4, 0.5) is 5.13 Å². The average molecular weight is 358 g/mol. The number of carbonyl (C=O) groups is 1. The van der Waals surface area contributed by atoms with Crippen molar-refractivity contribution in [1.29, 1.82) is 0 Å². The molecule has 0 unspecified atom stereocenters. The minimum atomic E-state index is -3.21. The lowest BCUT2D eigenvalue weighted by atomic mass is 9.87. The molecular weight excluding hydrogens is 336 g/mol. The summed E-state index contributed by atoms with van der Waals surface area (Å²) in [4.78, 5) is 17.0. The Morgan fingerprint density at radius 2 is 2.13 bits per heavy atom. The summed E-state index contributed by atoms with van der Waals surface area (Å²) in [6.45, 7) is 2.35. The van der Waals surface area contributed by atoms with Crippen LogP contribution in [0.3, 0.4) is 0 Å². The van der Waals surface area contributed by atoms with Crippen molar-refractivity contribution in [1.82, 2.24) is 14.6 Å². The van der Waals surface area contributed by atoms with E-state index in [4.69, 9.17) is 0 Å². The monoisotopic (exact) mass is 358 g/mol. The zero-order valence-corrected chi connectivity index (χ0v) is 14.8. The molecule has 0 atom stereocenters. The Hall–Kier alpha value is -1.19. The lowest BCUT2D eigenvalue weighted by molar-refractivity contribution is -0.126. The van der Waals surface area contributed by atoms with E-state index in [2.05, 4.69) is 15.6 Å². The second-order valence-electron chi connectivity index (χ2n) is 6.09. The molecule has 1 saturated carbocycles. The number of carbonyl (C=O) groups excluding carboxylic acids is 1. The molecule has 0 bridgehead atoms. The predicted octanol–water partition coefficient (Wildman–Crippen LogP) is 1.02. The molecule has 2 N–H and O–H groups in total. The summed E-state index contributed by atoms with van der Waals surface area (Å²) in [6, 6.07) is 0.273. The lowest BCUT2D eigenvalue weighted by Gasteiger charge is -2.40. The average Bonchev–Trinajstić information content (AvgIpc) is 3.21. The molecule has 0 aromatic carbocycles. The molecule has 0 spiro atoms. The highest BCUT2D eigenvalue weighted by atomic mass is 32.2. The van der Waals surface area contributed by atoms with Crippen molar-refractivity contribution in [2.45, 2.75) is 44.2 Å². The maximum atomic E-state index is 12.8. The van der Waals surface area contributed by atoms with Crippen LogP contribution in [-0.2, 0) is 14.8 Å². The van der Waals surface area contributed by atoms with Gasteiger partial charge < -0.3 is 10.6 Å². The zero-order chi connectivity index (χ0) is 16.5. The fraction of sp³-hybridized carbons (Fsp3) is 0.714. The lowest BCUT2D eigenvalue weighted by Crippen LogP contribution is -2.59. The highest BCUT2D eigenvalue weighted by Gasteiger charge is 2.45. The van der Waals surface area contributed by atoms with Gasteiger partial charge in [0, 0.05) is 30.7 Å². The van der Waals surface area contributed by atoms with Gasteiger partial charge in [-0.25, -0.2) is 17.7 Å². The Kier molecular flexibility index (Phi) is 4.61. The number of thiazole rings is 1. The zero-order valence-electron chi connectivity index (χ0n) is 13.1. The van der Waals surface area contributed by atoms with Gasteiger partial charge in [-0.3, -0.25) is 4.79 Å². The van der Waals surface area contributed by atoms with Gasteiger partial charge in [-0.2, -0.15) is 0 Å². The third-order valence-electron chi connectivity index (χ3n) is 4.46. The fourth-order valence-electron chi connectivity index (χ4n) is 2.78. The molecule has 7 nitrogen and oxygen atoms in total. The number of aromatic nitrogens is 1. The van der Waals surface area contributed by atoms with E-state index in [0.717, 1.165) is 12.8 Å². The third kappa shape index (κ3) is 3.67. The maximum Gasteiger partial charge on any atom is 0.246 e. The summed E-state index contributed by atoms with van der Waals surface area (Å²) in [5, 5.41) is 8.87. The smallest absolute Gasteiger partial charge is 0.246 e. The van der Waals surface area contributed by atoms with Gasteiger partial charge in [-0.15, -0.1) is 11.3 Å². The Labute approximate surface area is 140 Å². The second-order valence-corrected chi connectivity index (χ2v) is 9.24. The van der Waals surface area contributed by atoms with Crippen molar-refractivity contribution in [2.75, 3.05) is 24.2 Å². The molecule has 1 aromatic heterocycles. The van der Waals surface area contributed by atoms with Gasteiger partial charge in [0.1, 0.15) is 5.54 Å². The Bertz CT molecular complexity index is 648. The molecule has 2 heterocycles. The summed E-state index contributed by atoms with van der Waals surface area (Å²) < 4.78 is 25.6. The molecule has 1 aromatic rings. The van der Waals surface area contributed by atoms with Gasteiger partial charge in [0.25, 0.3) is 0 Å². The number of rotatable bonds is 6. The molecule has 2 fully saturated rings. The van der Waals surface area contributed by atoms with Crippen molar-refractivity contribution >= 4 is 32.4 Å². The molecular formula is C14H22N4O3S2. The van der Waals surface area contributed by atoms with Crippen LogP contribution in [0.15, 0.2) is 11.6 Å². The van der Waals surface area contributed by atoms with Crippen LogP contribution in [0.2, 0.25) is 0 Å². The number of piperidine rings is 1. The van der Waals surface area contributed by atoms with Gasteiger partial charge in [0.15, 0.2) is 5.13 Å². The summed E-state index contributed by atoms with van der Waals surface area (Å²) in [5.74, 6) is 0.0532. The van der Waals surface area contributed by atoms with Gasteiger partial charge in [0.2, 0.25) is 15.9 Å². The van der Waals surface area contributed by atoms with E-state index in [1.807, 2.05) is 5.38 Å². The van der Waals surface area contributed by atoms with Crippen molar-refractivity contribution in [3.05, 3.63) is 11.6 Å². The van der Waals surface area contributed by atoms with E-state index in [0.29, 0.717) is 31.1 Å². The Morgan fingerprint density at radius 1 is 1.43 bits per heavy atom. The van der Waals surface area contributed by atoms with Crippen molar-refractivity contribution < 1.29 is 13.2 Å². The molecule has 1 saturated heterocycles. The largest absolute Gasteiger partial charge is 0.351 e. The predicted molar refractivity (Wildman–Crippen MR) is 89.9 cm³/mol. The Balaban J connectivity index is 1.75. The summed E-state index contributed by atoms with van der Waals surface area (Å²) >= 11 is 1.44. The minimum absolute atomic E-state index is 0.0382. The number of nitrogens with zero attached hydrogens (tertiary/aromatic N) is 2. The number of sulfonamides is 1. The molecule has 1 amide bonds. The SMILES string of the molecule is CCS(=O)(=O)N1CCC(Nc2nccs2)(C(=O)NC2CC2)CC1. The summed E-state index contributed by atoms with van der Waals surface area (Å²) in [5.41, 5.74) is -0.778. The van der Waals surface area contributed by atoms with Crippen LogP contribution in [0.5, 0.6) is 0 Å². The van der Waals surface area contributed by atoms with E-state index in [1.54, 1.807) is 13.1 Å². The minimum Gasteiger partial charge on any atom is -0.351 e. The van der Waals surface area contributed by atoms with E-state index in [-0.39, 0.29) is 17.7 Å². The number of amides is 1. The summed E-state index contributed by atoms with van der Waals surface area (Å²) in [7, 11) is -3.21. The van der Waals surface area contributed by atoms with Crippen LogP contribution in [0.25, 0.3) is 0 Å². The topological polar surface area (TPSA) is 91.4 Å². The fourth-order valence-corrected chi connectivity index (χ4v) is 4.51. The normalized spacial score (nSPS) is 21.8. The molecule has 1 aliphatic carbocycles. The van der Waals surface area contributed by atoms with E-state index < -0.39 is 15.6 Å². The second kappa shape index (κ2) is 6.37. The van der Waals surface area contributed by atoms with Gasteiger partial charge in [-0.05, 0) is 32.6 Å². The van der Waals surface area contributed by atoms with Crippen LogP contribution >= 0.6 is 11.3 Å². The van der Waals surface area contributed by atoms with Crippen LogP contribution in [0, 0.1) is 0 Å². The molecule has 2 aliphatic rings. The highest BCUT2D eigenvalue weighted by molar-refractivity contribution is 7.89. The summed E-state index contributed by atoms with van der Waals surface area (Å²) in [6.07, 6.45) is 4.63. The number of nitrogens with one attached hydrogen (secondary N) is 2.